The summed E-state index contributed by atoms with van der Waals surface area (Å²) in [7, 11) is 0. The minimum Gasteiger partial charge on any atom is -0.351 e. The second-order valence-electron chi connectivity index (χ2n) is 7.61. The maximum Gasteiger partial charge on any atom is 0.416 e. The first-order valence-corrected chi connectivity index (χ1v) is 10.9. The fraction of sp³-hybridized carbons (Fsp3) is 0.120. The Balaban J connectivity index is 1.93. The third-order valence-electron chi connectivity index (χ3n) is 5.50. The van der Waals surface area contributed by atoms with E-state index in [1.807, 2.05) is 0 Å². The van der Waals surface area contributed by atoms with Crippen LogP contribution in [0.3, 0.4) is 0 Å². The second kappa shape index (κ2) is 9.19. The quantitative estimate of drug-likeness (QED) is 0.233. The monoisotopic (exact) mass is 504 g/mol. The predicted octanol–water partition coefficient (Wildman–Crippen LogP) is 7.09. The van der Waals surface area contributed by atoms with E-state index in [9.17, 15) is 22.4 Å². The molecule has 0 radical (unpaired) electrons. The van der Waals surface area contributed by atoms with Gasteiger partial charge in [-0.05, 0) is 79.3 Å². The maximum absolute atomic E-state index is 13.8. The lowest BCUT2D eigenvalue weighted by molar-refractivity contribution is -0.138. The smallest absolute Gasteiger partial charge is 0.351 e. The summed E-state index contributed by atoms with van der Waals surface area (Å²) < 4.78 is 55.0. The molecule has 4 rings (SSSR count). The summed E-state index contributed by atoms with van der Waals surface area (Å²) in [5.74, 6) is -1.08. The summed E-state index contributed by atoms with van der Waals surface area (Å²) in [6, 6.07) is 15.3. The van der Waals surface area contributed by atoms with E-state index in [0.717, 1.165) is 18.2 Å². The van der Waals surface area contributed by atoms with Crippen molar-refractivity contribution in [2.75, 3.05) is 4.90 Å². The van der Waals surface area contributed by atoms with Crippen molar-refractivity contribution in [3.63, 3.8) is 0 Å². The highest BCUT2D eigenvalue weighted by Gasteiger charge is 2.40. The van der Waals surface area contributed by atoms with Gasteiger partial charge in [0, 0.05) is 27.5 Å². The molecule has 1 unspecified atom stereocenters. The highest BCUT2D eigenvalue weighted by molar-refractivity contribution is 7.80. The van der Waals surface area contributed by atoms with Gasteiger partial charge in [0.2, 0.25) is 0 Å². The van der Waals surface area contributed by atoms with Crippen molar-refractivity contribution in [2.45, 2.75) is 19.1 Å². The largest absolute Gasteiger partial charge is 0.416 e. The summed E-state index contributed by atoms with van der Waals surface area (Å²) in [6.45, 7) is 1.61. The number of allylic oxidation sites excluding steroid dienone is 1. The number of thiocarbonyl (C=S) groups is 1. The third kappa shape index (κ3) is 4.56. The van der Waals surface area contributed by atoms with E-state index < -0.39 is 29.4 Å². The van der Waals surface area contributed by atoms with E-state index in [1.54, 1.807) is 36.1 Å². The Morgan fingerprint density at radius 3 is 2.24 bits per heavy atom. The topological polar surface area (TPSA) is 32.3 Å². The minimum absolute atomic E-state index is 0.0619. The lowest BCUT2D eigenvalue weighted by atomic mass is 9.87. The molecule has 0 saturated carbocycles. The molecule has 0 spiro atoms. The minimum atomic E-state index is -4.65. The van der Waals surface area contributed by atoms with E-state index in [4.69, 9.17) is 23.8 Å². The number of Topliss-reactive ketones (excluding diaryl/α,β-unsaturated/α-hetero) is 1. The zero-order chi connectivity index (χ0) is 24.6. The number of nitrogens with one attached hydrogen (secondary N) is 1. The molecule has 3 aromatic carbocycles. The number of carbonyl (C=O) groups is 1. The normalized spacial score (nSPS) is 16.5. The van der Waals surface area contributed by atoms with Crippen molar-refractivity contribution >= 4 is 40.4 Å². The molecule has 1 atom stereocenters. The Morgan fingerprint density at radius 1 is 1.00 bits per heavy atom. The number of hydrogen-bond donors (Lipinski definition) is 1. The van der Waals surface area contributed by atoms with Crippen LogP contribution in [0.25, 0.3) is 0 Å². The van der Waals surface area contributed by atoms with Gasteiger partial charge < -0.3 is 5.32 Å². The fourth-order valence-corrected chi connectivity index (χ4v) is 4.42. The highest BCUT2D eigenvalue weighted by atomic mass is 35.5. The summed E-state index contributed by atoms with van der Waals surface area (Å²) in [6.07, 6.45) is -4.65. The third-order valence-corrected chi connectivity index (χ3v) is 6.05. The van der Waals surface area contributed by atoms with Gasteiger partial charge >= 0.3 is 6.18 Å². The van der Waals surface area contributed by atoms with Crippen LogP contribution in [0, 0.1) is 5.82 Å². The molecule has 3 aromatic rings. The zero-order valence-electron chi connectivity index (χ0n) is 17.7. The Bertz CT molecular complexity index is 1290. The van der Waals surface area contributed by atoms with Crippen LogP contribution in [0.15, 0.2) is 84.1 Å². The number of ketones is 1. The van der Waals surface area contributed by atoms with E-state index in [2.05, 4.69) is 5.32 Å². The average molecular weight is 505 g/mol. The molecule has 0 amide bonds. The van der Waals surface area contributed by atoms with Crippen LogP contribution in [-0.4, -0.2) is 10.9 Å². The molecule has 1 heterocycles. The number of benzene rings is 3. The predicted molar refractivity (Wildman–Crippen MR) is 127 cm³/mol. The maximum atomic E-state index is 13.8. The van der Waals surface area contributed by atoms with Crippen molar-refractivity contribution in [3.8, 4) is 0 Å². The van der Waals surface area contributed by atoms with Gasteiger partial charge in [-0.3, -0.25) is 9.69 Å². The van der Waals surface area contributed by atoms with Gasteiger partial charge in [-0.15, -0.1) is 0 Å². The molecule has 1 aliphatic rings. The first kappa shape index (κ1) is 23.9. The Morgan fingerprint density at radius 2 is 1.62 bits per heavy atom. The van der Waals surface area contributed by atoms with Gasteiger partial charge in [-0.2, -0.15) is 13.2 Å². The summed E-state index contributed by atoms with van der Waals surface area (Å²) in [5.41, 5.74) is 0.0990. The Kier molecular flexibility index (Phi) is 6.47. The molecule has 9 heteroatoms. The molecule has 34 heavy (non-hydrogen) atoms. The number of halogens is 5. The van der Waals surface area contributed by atoms with Crippen molar-refractivity contribution < 1.29 is 22.4 Å². The SMILES string of the molecule is CC1=C(C(=O)c2ccc(F)cc2)C(c2ccccc2C(F)(F)F)NC(=S)N1c1ccc(Cl)cc1. The molecule has 0 aliphatic carbocycles. The fourth-order valence-electron chi connectivity index (χ4n) is 3.94. The molecule has 0 fully saturated rings. The lowest BCUT2D eigenvalue weighted by Gasteiger charge is -2.38. The molecule has 0 bridgehead atoms. The van der Waals surface area contributed by atoms with Gasteiger partial charge in [-0.1, -0.05) is 29.8 Å². The number of nitrogens with zero attached hydrogens (tertiary/aromatic N) is 1. The molecular weight excluding hydrogens is 488 g/mol. The molecule has 1 aliphatic heterocycles. The van der Waals surface area contributed by atoms with Gasteiger partial charge in [0.05, 0.1) is 11.6 Å². The van der Waals surface area contributed by atoms with Crippen LogP contribution in [0.2, 0.25) is 5.02 Å². The molecule has 0 aromatic heterocycles. The number of rotatable bonds is 4. The van der Waals surface area contributed by atoms with Crippen LogP contribution in [0.4, 0.5) is 23.2 Å². The van der Waals surface area contributed by atoms with Crippen molar-refractivity contribution in [2.24, 2.45) is 0 Å². The summed E-state index contributed by atoms with van der Waals surface area (Å²) >= 11 is 11.5. The van der Waals surface area contributed by atoms with E-state index in [0.29, 0.717) is 16.4 Å². The van der Waals surface area contributed by atoms with Gasteiger partial charge in [0.1, 0.15) is 5.82 Å². The summed E-state index contributed by atoms with van der Waals surface area (Å²) in [5, 5.41) is 3.53. The van der Waals surface area contributed by atoms with Crippen LogP contribution in [0.5, 0.6) is 0 Å². The average Bonchev–Trinajstić information content (AvgIpc) is 2.79. The Labute approximate surface area is 203 Å². The molecule has 3 nitrogen and oxygen atoms in total. The van der Waals surface area contributed by atoms with Crippen molar-refractivity contribution in [1.82, 2.24) is 5.32 Å². The van der Waals surface area contributed by atoms with E-state index >= 15 is 0 Å². The van der Waals surface area contributed by atoms with Crippen LogP contribution >= 0.6 is 23.8 Å². The first-order chi connectivity index (χ1) is 16.1. The number of carbonyl (C=O) groups excluding carboxylic acids is 1. The number of hydrogen-bond acceptors (Lipinski definition) is 2. The summed E-state index contributed by atoms with van der Waals surface area (Å²) in [4.78, 5) is 15.2. The molecule has 0 saturated heterocycles. The first-order valence-electron chi connectivity index (χ1n) is 10.1. The van der Waals surface area contributed by atoms with Gasteiger partial charge in [0.25, 0.3) is 0 Å². The second-order valence-corrected chi connectivity index (χ2v) is 8.44. The zero-order valence-corrected chi connectivity index (χ0v) is 19.2. The van der Waals surface area contributed by atoms with E-state index in [-0.39, 0.29) is 21.8 Å². The number of anilines is 1. The van der Waals surface area contributed by atoms with Crippen LogP contribution < -0.4 is 10.2 Å². The molecular formula is C25H17ClF4N2OS. The van der Waals surface area contributed by atoms with Gasteiger partial charge in [-0.25, -0.2) is 4.39 Å². The molecule has 1 N–H and O–H groups in total. The standard InChI is InChI=1S/C25H17ClF4N2OS/c1-14-21(23(33)15-6-10-17(27)11-7-15)22(19-4-2-3-5-20(19)25(28,29)30)31-24(34)32(14)18-12-8-16(26)9-13-18/h2-13,22H,1H3,(H,31,34). The highest BCUT2D eigenvalue weighted by Crippen LogP contribution is 2.41. The molecule has 174 valence electrons. The van der Waals surface area contributed by atoms with Crippen LogP contribution in [0.1, 0.15) is 34.5 Å². The van der Waals surface area contributed by atoms with Crippen molar-refractivity contribution in [3.05, 3.63) is 112 Å². The Hall–Kier alpha value is -3.23. The lowest BCUT2D eigenvalue weighted by Crippen LogP contribution is -2.48. The van der Waals surface area contributed by atoms with Crippen LogP contribution in [-0.2, 0) is 6.18 Å². The van der Waals surface area contributed by atoms with Gasteiger partial charge in [0.15, 0.2) is 10.9 Å². The van der Waals surface area contributed by atoms with Crippen molar-refractivity contribution in [1.29, 1.82) is 0 Å². The number of alkyl halides is 3. The van der Waals surface area contributed by atoms with E-state index in [1.165, 1.54) is 30.3 Å².